The molecule has 94 valence electrons. The van der Waals surface area contributed by atoms with E-state index in [1.807, 2.05) is 0 Å². The van der Waals surface area contributed by atoms with Gasteiger partial charge in [-0.1, -0.05) is 44.2 Å². The Morgan fingerprint density at radius 2 is 1.88 bits per heavy atom. The first-order valence-electron chi connectivity index (χ1n) is 6.85. The van der Waals surface area contributed by atoms with Gasteiger partial charge in [-0.05, 0) is 25.1 Å². The fourth-order valence-corrected chi connectivity index (χ4v) is 2.44. The molecule has 0 aromatic heterocycles. The van der Waals surface area contributed by atoms with Gasteiger partial charge >= 0.3 is 0 Å². The number of benzene rings is 1. The lowest BCUT2D eigenvalue weighted by atomic mass is 10.1. The first-order valence-corrected chi connectivity index (χ1v) is 6.85. The van der Waals surface area contributed by atoms with Gasteiger partial charge in [-0.15, -0.1) is 0 Å². The van der Waals surface area contributed by atoms with Crippen LogP contribution in [0.15, 0.2) is 30.3 Å². The van der Waals surface area contributed by atoms with Gasteiger partial charge in [0.05, 0.1) is 0 Å². The van der Waals surface area contributed by atoms with Gasteiger partial charge in [0.15, 0.2) is 0 Å². The topological polar surface area (TPSA) is 15.3 Å². The summed E-state index contributed by atoms with van der Waals surface area (Å²) in [5.41, 5.74) is 1.49. The molecule has 1 aromatic rings. The summed E-state index contributed by atoms with van der Waals surface area (Å²) in [6.07, 6.45) is 1.31. The number of rotatable bonds is 7. The molecule has 2 heteroatoms. The van der Waals surface area contributed by atoms with Gasteiger partial charge in [-0.2, -0.15) is 0 Å². The van der Waals surface area contributed by atoms with Crippen LogP contribution < -0.4 is 5.32 Å². The zero-order chi connectivity index (χ0) is 12.1. The molecule has 2 atom stereocenters. The standard InChI is InChI=1S/C15H24N2/c1-3-17(4-2)11-10-16-15-12-14(15)13-8-6-5-7-9-13/h5-9,14-16H,3-4,10-12H2,1-2H3. The molecule has 1 N–H and O–H groups in total. The normalized spacial score (nSPS) is 23.0. The van der Waals surface area contributed by atoms with Crippen molar-refractivity contribution in [3.8, 4) is 0 Å². The summed E-state index contributed by atoms with van der Waals surface area (Å²) in [6.45, 7) is 9.07. The smallest absolute Gasteiger partial charge is 0.0143 e. The number of nitrogens with zero attached hydrogens (tertiary/aromatic N) is 1. The third-order valence-electron chi connectivity index (χ3n) is 3.75. The Morgan fingerprint density at radius 1 is 1.18 bits per heavy atom. The number of likely N-dealkylation sites (N-methyl/N-ethyl adjacent to an activating group) is 1. The third-order valence-corrected chi connectivity index (χ3v) is 3.75. The van der Waals surface area contributed by atoms with Gasteiger partial charge in [-0.3, -0.25) is 0 Å². The highest BCUT2D eigenvalue weighted by atomic mass is 15.1. The summed E-state index contributed by atoms with van der Waals surface area (Å²) in [6, 6.07) is 11.6. The van der Waals surface area contributed by atoms with E-state index in [-0.39, 0.29) is 0 Å². The van der Waals surface area contributed by atoms with Gasteiger partial charge in [-0.25, -0.2) is 0 Å². The second kappa shape index (κ2) is 6.18. The van der Waals surface area contributed by atoms with Gasteiger partial charge in [0, 0.05) is 25.0 Å². The van der Waals surface area contributed by atoms with Crippen molar-refractivity contribution in [2.24, 2.45) is 0 Å². The molecular formula is C15H24N2. The van der Waals surface area contributed by atoms with Crippen LogP contribution in [-0.4, -0.2) is 37.1 Å². The summed E-state index contributed by atoms with van der Waals surface area (Å²) in [5.74, 6) is 0.757. The zero-order valence-electron chi connectivity index (χ0n) is 11.0. The quantitative estimate of drug-likeness (QED) is 0.777. The number of hydrogen-bond acceptors (Lipinski definition) is 2. The van der Waals surface area contributed by atoms with Crippen LogP contribution in [0.3, 0.4) is 0 Å². The third kappa shape index (κ3) is 3.55. The second-order valence-electron chi connectivity index (χ2n) is 4.84. The molecule has 0 saturated heterocycles. The lowest BCUT2D eigenvalue weighted by Crippen LogP contribution is -2.33. The number of nitrogens with one attached hydrogen (secondary N) is 1. The van der Waals surface area contributed by atoms with Crippen LogP contribution in [0.2, 0.25) is 0 Å². The Hall–Kier alpha value is -0.860. The minimum atomic E-state index is 0.716. The van der Waals surface area contributed by atoms with Crippen LogP contribution in [0.4, 0.5) is 0 Å². The van der Waals surface area contributed by atoms with Crippen molar-refractivity contribution in [3.63, 3.8) is 0 Å². The summed E-state index contributed by atoms with van der Waals surface area (Å²) in [7, 11) is 0. The molecule has 1 fully saturated rings. The van der Waals surface area contributed by atoms with Gasteiger partial charge in [0.25, 0.3) is 0 Å². The molecule has 0 aliphatic heterocycles. The maximum atomic E-state index is 3.66. The van der Waals surface area contributed by atoms with E-state index in [2.05, 4.69) is 54.4 Å². The van der Waals surface area contributed by atoms with Crippen LogP contribution in [0.25, 0.3) is 0 Å². The molecule has 0 heterocycles. The lowest BCUT2D eigenvalue weighted by Gasteiger charge is -2.18. The molecule has 2 nitrogen and oxygen atoms in total. The minimum absolute atomic E-state index is 0.716. The van der Waals surface area contributed by atoms with E-state index in [1.54, 1.807) is 0 Å². The van der Waals surface area contributed by atoms with Crippen LogP contribution in [0.1, 0.15) is 31.7 Å². The number of hydrogen-bond donors (Lipinski definition) is 1. The van der Waals surface area contributed by atoms with Crippen molar-refractivity contribution in [1.29, 1.82) is 0 Å². The van der Waals surface area contributed by atoms with E-state index in [0.29, 0.717) is 6.04 Å². The molecule has 1 aliphatic carbocycles. The van der Waals surface area contributed by atoms with Gasteiger partial charge in [0.2, 0.25) is 0 Å². The maximum Gasteiger partial charge on any atom is 0.0143 e. The first-order chi connectivity index (χ1) is 8.35. The molecular weight excluding hydrogens is 208 g/mol. The molecule has 0 spiro atoms. The Kier molecular flexibility index (Phi) is 4.57. The molecule has 0 bridgehead atoms. The van der Waals surface area contributed by atoms with E-state index < -0.39 is 0 Å². The largest absolute Gasteiger partial charge is 0.312 e. The fourth-order valence-electron chi connectivity index (χ4n) is 2.44. The maximum absolute atomic E-state index is 3.66. The Balaban J connectivity index is 1.67. The lowest BCUT2D eigenvalue weighted by molar-refractivity contribution is 0.302. The zero-order valence-corrected chi connectivity index (χ0v) is 11.0. The monoisotopic (exact) mass is 232 g/mol. The highest BCUT2D eigenvalue weighted by molar-refractivity contribution is 5.27. The van der Waals surface area contributed by atoms with Crippen molar-refractivity contribution in [1.82, 2.24) is 10.2 Å². The van der Waals surface area contributed by atoms with E-state index in [1.165, 1.54) is 18.5 Å². The average molecular weight is 232 g/mol. The van der Waals surface area contributed by atoms with Crippen molar-refractivity contribution in [2.45, 2.75) is 32.2 Å². The second-order valence-corrected chi connectivity index (χ2v) is 4.84. The Morgan fingerprint density at radius 3 is 2.53 bits per heavy atom. The summed E-state index contributed by atoms with van der Waals surface area (Å²) >= 11 is 0. The van der Waals surface area contributed by atoms with E-state index in [4.69, 9.17) is 0 Å². The summed E-state index contributed by atoms with van der Waals surface area (Å²) in [4.78, 5) is 2.47. The summed E-state index contributed by atoms with van der Waals surface area (Å²) < 4.78 is 0. The SMILES string of the molecule is CCN(CC)CCNC1CC1c1ccccc1. The van der Waals surface area contributed by atoms with E-state index in [0.717, 1.165) is 25.6 Å². The molecule has 1 saturated carbocycles. The average Bonchev–Trinajstić information content (AvgIpc) is 3.15. The molecule has 2 rings (SSSR count). The van der Waals surface area contributed by atoms with Crippen molar-refractivity contribution in [2.75, 3.05) is 26.2 Å². The van der Waals surface area contributed by atoms with E-state index in [9.17, 15) is 0 Å². The highest BCUT2D eigenvalue weighted by Gasteiger charge is 2.37. The van der Waals surface area contributed by atoms with Crippen LogP contribution in [0.5, 0.6) is 0 Å². The molecule has 2 unspecified atom stereocenters. The Bertz CT molecular complexity index is 319. The first kappa shape index (κ1) is 12.6. The molecule has 0 radical (unpaired) electrons. The molecule has 1 aliphatic rings. The fraction of sp³-hybridized carbons (Fsp3) is 0.600. The predicted molar refractivity (Wildman–Crippen MR) is 73.4 cm³/mol. The predicted octanol–water partition coefficient (Wildman–Crippen LogP) is 2.47. The van der Waals surface area contributed by atoms with Crippen molar-refractivity contribution < 1.29 is 0 Å². The van der Waals surface area contributed by atoms with E-state index >= 15 is 0 Å². The molecule has 0 amide bonds. The van der Waals surface area contributed by atoms with Crippen molar-refractivity contribution >= 4 is 0 Å². The van der Waals surface area contributed by atoms with Gasteiger partial charge < -0.3 is 10.2 Å². The van der Waals surface area contributed by atoms with Crippen LogP contribution >= 0.6 is 0 Å². The van der Waals surface area contributed by atoms with Gasteiger partial charge in [0.1, 0.15) is 0 Å². The highest BCUT2D eigenvalue weighted by Crippen LogP contribution is 2.40. The van der Waals surface area contributed by atoms with Crippen LogP contribution in [-0.2, 0) is 0 Å². The summed E-state index contributed by atoms with van der Waals surface area (Å²) in [5, 5.41) is 3.66. The Labute approximate surface area is 105 Å². The molecule has 17 heavy (non-hydrogen) atoms. The minimum Gasteiger partial charge on any atom is -0.312 e. The van der Waals surface area contributed by atoms with Crippen molar-refractivity contribution in [3.05, 3.63) is 35.9 Å². The molecule has 1 aromatic carbocycles. The van der Waals surface area contributed by atoms with Crippen LogP contribution in [0, 0.1) is 0 Å².